The van der Waals surface area contributed by atoms with Crippen molar-refractivity contribution < 1.29 is 14.3 Å². The quantitative estimate of drug-likeness (QED) is 0.523. The molecule has 0 aromatic carbocycles. The van der Waals surface area contributed by atoms with Crippen LogP contribution in [-0.2, 0) is 14.3 Å². The molecule has 1 rings (SSSR count). The van der Waals surface area contributed by atoms with Gasteiger partial charge < -0.3 is 9.47 Å². The van der Waals surface area contributed by atoms with Gasteiger partial charge in [-0.1, -0.05) is 0 Å². The van der Waals surface area contributed by atoms with Crippen molar-refractivity contribution in [1.82, 2.24) is 0 Å². The first-order valence-electron chi connectivity index (χ1n) is 4.32. The molecular weight excluding hydrogens is 204 g/mol. The largest absolute Gasteiger partial charge is 0.489 e. The van der Waals surface area contributed by atoms with Gasteiger partial charge in [-0.25, -0.2) is 4.79 Å². The zero-order valence-corrected chi connectivity index (χ0v) is 9.22. The van der Waals surface area contributed by atoms with E-state index >= 15 is 0 Å². The van der Waals surface area contributed by atoms with Gasteiger partial charge in [0.15, 0.2) is 0 Å². The number of hydrogen-bond acceptors (Lipinski definition) is 3. The summed E-state index contributed by atoms with van der Waals surface area (Å²) in [6, 6.07) is 0. The van der Waals surface area contributed by atoms with Crippen LogP contribution in [0.25, 0.3) is 0 Å². The number of rotatable bonds is 2. The standard InChI is InChI=1S/C10H13ClO3/c1-6-4-8(10(12)13-3)9(5-11)14-7(6)2/h4,7H,5H2,1-3H3. The molecule has 0 bridgehead atoms. The molecule has 1 unspecified atom stereocenters. The van der Waals surface area contributed by atoms with Gasteiger partial charge in [-0.05, 0) is 25.5 Å². The highest BCUT2D eigenvalue weighted by atomic mass is 35.5. The minimum Gasteiger partial charge on any atom is -0.489 e. The topological polar surface area (TPSA) is 35.5 Å². The van der Waals surface area contributed by atoms with E-state index in [2.05, 4.69) is 4.74 Å². The number of carbonyl (C=O) groups excluding carboxylic acids is 1. The Morgan fingerprint density at radius 3 is 2.86 bits per heavy atom. The van der Waals surface area contributed by atoms with E-state index in [0.717, 1.165) is 5.57 Å². The number of esters is 1. The fourth-order valence-electron chi connectivity index (χ4n) is 1.18. The Morgan fingerprint density at radius 2 is 2.36 bits per heavy atom. The Balaban J connectivity index is 3.04. The summed E-state index contributed by atoms with van der Waals surface area (Å²) in [5.41, 5.74) is 1.40. The van der Waals surface area contributed by atoms with Gasteiger partial charge >= 0.3 is 5.97 Å². The normalized spacial score (nSPS) is 21.4. The first-order chi connectivity index (χ1) is 6.60. The van der Waals surface area contributed by atoms with Gasteiger partial charge in [0.2, 0.25) is 0 Å². The Morgan fingerprint density at radius 1 is 1.71 bits per heavy atom. The van der Waals surface area contributed by atoms with Crippen LogP contribution in [0, 0.1) is 0 Å². The predicted octanol–water partition coefficient (Wildman–Crippen LogP) is 2.02. The number of allylic oxidation sites excluding steroid dienone is 1. The van der Waals surface area contributed by atoms with Crippen LogP contribution >= 0.6 is 11.6 Å². The molecule has 1 atom stereocenters. The molecule has 0 amide bonds. The second kappa shape index (κ2) is 4.51. The minimum atomic E-state index is -0.410. The molecule has 1 heterocycles. The number of halogens is 1. The van der Waals surface area contributed by atoms with Crippen molar-refractivity contribution in [1.29, 1.82) is 0 Å². The molecule has 0 saturated heterocycles. The van der Waals surface area contributed by atoms with E-state index < -0.39 is 5.97 Å². The van der Waals surface area contributed by atoms with Crippen molar-refractivity contribution in [2.24, 2.45) is 0 Å². The lowest BCUT2D eigenvalue weighted by Gasteiger charge is -2.23. The SMILES string of the molecule is COC(=O)C1=C(CCl)OC(C)C(C)=C1. The minimum absolute atomic E-state index is 0.0304. The zero-order valence-electron chi connectivity index (χ0n) is 8.46. The number of ether oxygens (including phenoxy) is 2. The van der Waals surface area contributed by atoms with E-state index in [9.17, 15) is 4.79 Å². The molecule has 4 heteroatoms. The maximum absolute atomic E-state index is 11.3. The van der Waals surface area contributed by atoms with Gasteiger partial charge in [-0.3, -0.25) is 0 Å². The summed E-state index contributed by atoms with van der Waals surface area (Å²) < 4.78 is 10.1. The van der Waals surface area contributed by atoms with Crippen LogP contribution in [-0.4, -0.2) is 25.1 Å². The van der Waals surface area contributed by atoms with Crippen molar-refractivity contribution in [2.75, 3.05) is 13.0 Å². The highest BCUT2D eigenvalue weighted by Gasteiger charge is 2.22. The number of methoxy groups -OCH3 is 1. The van der Waals surface area contributed by atoms with Gasteiger partial charge in [0, 0.05) is 0 Å². The Labute approximate surface area is 88.3 Å². The zero-order chi connectivity index (χ0) is 10.7. The number of hydrogen-bond donors (Lipinski definition) is 0. The lowest BCUT2D eigenvalue weighted by atomic mass is 10.0. The van der Waals surface area contributed by atoms with Crippen molar-refractivity contribution in [3.63, 3.8) is 0 Å². The van der Waals surface area contributed by atoms with Gasteiger partial charge in [0.25, 0.3) is 0 Å². The van der Waals surface area contributed by atoms with Crippen LogP contribution in [0.5, 0.6) is 0 Å². The van der Waals surface area contributed by atoms with Gasteiger partial charge in [-0.2, -0.15) is 0 Å². The molecule has 0 aromatic heterocycles. The maximum Gasteiger partial charge on any atom is 0.341 e. The molecule has 1 aliphatic rings. The molecule has 14 heavy (non-hydrogen) atoms. The van der Waals surface area contributed by atoms with E-state index in [4.69, 9.17) is 16.3 Å². The smallest absolute Gasteiger partial charge is 0.341 e. The molecule has 0 saturated carbocycles. The van der Waals surface area contributed by atoms with E-state index in [1.165, 1.54) is 7.11 Å². The van der Waals surface area contributed by atoms with Crippen LogP contribution in [0.3, 0.4) is 0 Å². The van der Waals surface area contributed by atoms with Gasteiger partial charge in [-0.15, -0.1) is 11.6 Å². The molecule has 78 valence electrons. The maximum atomic E-state index is 11.3. The first kappa shape index (κ1) is 11.1. The average molecular weight is 217 g/mol. The van der Waals surface area contributed by atoms with E-state index in [1.807, 2.05) is 13.8 Å². The van der Waals surface area contributed by atoms with E-state index in [-0.39, 0.29) is 12.0 Å². The molecule has 0 aromatic rings. The molecular formula is C10H13ClO3. The predicted molar refractivity (Wildman–Crippen MR) is 54.1 cm³/mol. The number of carbonyl (C=O) groups is 1. The highest BCUT2D eigenvalue weighted by molar-refractivity contribution is 6.19. The van der Waals surface area contributed by atoms with Crippen LogP contribution in [0.2, 0.25) is 0 Å². The van der Waals surface area contributed by atoms with Crippen LogP contribution in [0.4, 0.5) is 0 Å². The van der Waals surface area contributed by atoms with Crippen molar-refractivity contribution in [3.05, 3.63) is 23.0 Å². The summed E-state index contributed by atoms with van der Waals surface area (Å²) in [5, 5.41) is 0. The molecule has 0 radical (unpaired) electrons. The lowest BCUT2D eigenvalue weighted by Crippen LogP contribution is -2.20. The fraction of sp³-hybridized carbons (Fsp3) is 0.500. The summed E-state index contributed by atoms with van der Waals surface area (Å²) >= 11 is 5.67. The van der Waals surface area contributed by atoms with Crippen LogP contribution in [0.1, 0.15) is 13.8 Å². The third-order valence-corrected chi connectivity index (χ3v) is 2.40. The second-order valence-electron chi connectivity index (χ2n) is 3.11. The summed E-state index contributed by atoms with van der Waals surface area (Å²) in [6.07, 6.45) is 1.73. The number of alkyl halides is 1. The third kappa shape index (κ3) is 2.10. The van der Waals surface area contributed by atoms with Crippen molar-refractivity contribution >= 4 is 17.6 Å². The molecule has 0 N–H and O–H groups in total. The van der Waals surface area contributed by atoms with Crippen LogP contribution in [0.15, 0.2) is 23.0 Å². The summed E-state index contributed by atoms with van der Waals surface area (Å²) in [5.74, 6) is 0.252. The summed E-state index contributed by atoms with van der Waals surface area (Å²) in [7, 11) is 1.34. The van der Waals surface area contributed by atoms with Crippen molar-refractivity contribution in [3.8, 4) is 0 Å². The summed E-state index contributed by atoms with van der Waals surface area (Å²) in [4.78, 5) is 11.3. The average Bonchev–Trinajstić information content (AvgIpc) is 2.20. The van der Waals surface area contributed by atoms with E-state index in [1.54, 1.807) is 6.08 Å². The molecule has 0 spiro atoms. The van der Waals surface area contributed by atoms with Crippen LogP contribution < -0.4 is 0 Å². The lowest BCUT2D eigenvalue weighted by molar-refractivity contribution is -0.136. The fourth-order valence-corrected chi connectivity index (χ4v) is 1.39. The first-order valence-corrected chi connectivity index (χ1v) is 4.86. The van der Waals surface area contributed by atoms with E-state index in [0.29, 0.717) is 11.3 Å². The Bertz CT molecular complexity index is 304. The Hall–Kier alpha value is -0.960. The molecule has 0 fully saturated rings. The molecule has 3 nitrogen and oxygen atoms in total. The highest BCUT2D eigenvalue weighted by Crippen LogP contribution is 2.24. The monoisotopic (exact) mass is 216 g/mol. The third-order valence-electron chi connectivity index (χ3n) is 2.16. The van der Waals surface area contributed by atoms with Gasteiger partial charge in [0.1, 0.15) is 11.9 Å². The van der Waals surface area contributed by atoms with Crippen molar-refractivity contribution in [2.45, 2.75) is 20.0 Å². The molecule has 0 aliphatic carbocycles. The summed E-state index contributed by atoms with van der Waals surface area (Å²) in [6.45, 7) is 3.81. The van der Waals surface area contributed by atoms with Gasteiger partial charge in [0.05, 0.1) is 18.6 Å². The second-order valence-corrected chi connectivity index (χ2v) is 3.38. The molecule has 1 aliphatic heterocycles. The Kier molecular flexibility index (Phi) is 3.58.